The van der Waals surface area contributed by atoms with Crippen LogP contribution in [0.25, 0.3) is 0 Å². The fourth-order valence-electron chi connectivity index (χ4n) is 1.89. The number of rotatable bonds is 8. The molecule has 114 valence electrons. The summed E-state index contributed by atoms with van der Waals surface area (Å²) in [4.78, 5) is 16.1. The standard InChI is InChI=1S/C15H28N4O/c1-5-6-7-8-9-10-11-16-13(20)12-17-14(19-18-12)15(2,3)4/h5-11H2,1-4H3,(H,16,20)(H,17,18,19). The van der Waals surface area contributed by atoms with Gasteiger partial charge < -0.3 is 5.32 Å². The normalized spacial score (nSPS) is 11.6. The zero-order valence-electron chi connectivity index (χ0n) is 13.3. The summed E-state index contributed by atoms with van der Waals surface area (Å²) < 4.78 is 0. The predicted octanol–water partition coefficient (Wildman–Crippen LogP) is 3.19. The SMILES string of the molecule is CCCCCCCCNC(=O)c1n[nH]c(C(C)(C)C)n1. The quantitative estimate of drug-likeness (QED) is 0.718. The Hall–Kier alpha value is -1.39. The molecule has 0 spiro atoms. The van der Waals surface area contributed by atoms with Crippen molar-refractivity contribution in [3.63, 3.8) is 0 Å². The van der Waals surface area contributed by atoms with Gasteiger partial charge in [0.05, 0.1) is 0 Å². The number of amides is 1. The van der Waals surface area contributed by atoms with Crippen molar-refractivity contribution < 1.29 is 4.79 Å². The van der Waals surface area contributed by atoms with E-state index in [0.717, 1.165) is 12.2 Å². The van der Waals surface area contributed by atoms with Crippen LogP contribution in [-0.2, 0) is 5.41 Å². The number of nitrogens with zero attached hydrogens (tertiary/aromatic N) is 2. The Kier molecular flexibility index (Phi) is 6.68. The maximum atomic E-state index is 11.9. The summed E-state index contributed by atoms with van der Waals surface area (Å²) in [6, 6.07) is 0. The van der Waals surface area contributed by atoms with Gasteiger partial charge in [0.1, 0.15) is 5.82 Å². The van der Waals surface area contributed by atoms with Gasteiger partial charge in [0.2, 0.25) is 5.82 Å². The summed E-state index contributed by atoms with van der Waals surface area (Å²) in [6.45, 7) is 9.01. The van der Waals surface area contributed by atoms with Crippen LogP contribution in [0, 0.1) is 0 Å². The van der Waals surface area contributed by atoms with Crippen LogP contribution in [0.3, 0.4) is 0 Å². The second-order valence-electron chi connectivity index (χ2n) is 6.28. The van der Waals surface area contributed by atoms with E-state index in [1.165, 1.54) is 32.1 Å². The zero-order valence-corrected chi connectivity index (χ0v) is 13.3. The van der Waals surface area contributed by atoms with Crippen molar-refractivity contribution in [2.45, 2.75) is 71.6 Å². The minimum Gasteiger partial charge on any atom is -0.349 e. The maximum absolute atomic E-state index is 11.9. The molecule has 0 aliphatic rings. The molecule has 1 aromatic rings. The van der Waals surface area contributed by atoms with Crippen LogP contribution >= 0.6 is 0 Å². The topological polar surface area (TPSA) is 70.7 Å². The molecule has 0 fully saturated rings. The molecule has 0 aromatic carbocycles. The molecule has 2 N–H and O–H groups in total. The number of unbranched alkanes of at least 4 members (excludes halogenated alkanes) is 5. The molecule has 1 rings (SSSR count). The fraction of sp³-hybridized carbons (Fsp3) is 0.800. The molecule has 1 amide bonds. The molecule has 5 heteroatoms. The van der Waals surface area contributed by atoms with Crippen molar-refractivity contribution in [3.05, 3.63) is 11.6 Å². The number of hydrogen-bond acceptors (Lipinski definition) is 3. The van der Waals surface area contributed by atoms with E-state index < -0.39 is 0 Å². The molecule has 0 saturated heterocycles. The van der Waals surface area contributed by atoms with E-state index in [1.807, 2.05) is 20.8 Å². The molecule has 0 saturated carbocycles. The largest absolute Gasteiger partial charge is 0.349 e. The van der Waals surface area contributed by atoms with Crippen LogP contribution in [0.4, 0.5) is 0 Å². The van der Waals surface area contributed by atoms with Crippen molar-refractivity contribution in [1.29, 1.82) is 0 Å². The van der Waals surface area contributed by atoms with Crippen LogP contribution in [0.2, 0.25) is 0 Å². The highest BCUT2D eigenvalue weighted by molar-refractivity contribution is 5.90. The second kappa shape index (κ2) is 8.02. The van der Waals surface area contributed by atoms with E-state index >= 15 is 0 Å². The molecule has 1 aromatic heterocycles. The van der Waals surface area contributed by atoms with Crippen LogP contribution in [0.1, 0.15) is 82.7 Å². The first kappa shape index (κ1) is 16.7. The number of carbonyl (C=O) groups excluding carboxylic acids is 1. The zero-order chi connectivity index (χ0) is 15.0. The number of H-pyrrole nitrogens is 1. The number of nitrogens with one attached hydrogen (secondary N) is 2. The third-order valence-corrected chi connectivity index (χ3v) is 3.21. The lowest BCUT2D eigenvalue weighted by atomic mass is 9.96. The van der Waals surface area contributed by atoms with Crippen LogP contribution in [-0.4, -0.2) is 27.6 Å². The van der Waals surface area contributed by atoms with E-state index in [2.05, 4.69) is 27.4 Å². The van der Waals surface area contributed by atoms with Gasteiger partial charge in [0.25, 0.3) is 5.91 Å². The summed E-state index contributed by atoms with van der Waals surface area (Å²) in [7, 11) is 0. The summed E-state index contributed by atoms with van der Waals surface area (Å²) in [5.41, 5.74) is -0.120. The lowest BCUT2D eigenvalue weighted by Gasteiger charge is -2.12. The van der Waals surface area contributed by atoms with Gasteiger partial charge in [0.15, 0.2) is 0 Å². The minimum atomic E-state index is -0.190. The van der Waals surface area contributed by atoms with Gasteiger partial charge in [0, 0.05) is 12.0 Å². The summed E-state index contributed by atoms with van der Waals surface area (Å²) in [5.74, 6) is 0.786. The molecule has 0 radical (unpaired) electrons. The van der Waals surface area contributed by atoms with E-state index in [9.17, 15) is 4.79 Å². The number of hydrogen-bond donors (Lipinski definition) is 2. The van der Waals surface area contributed by atoms with Crippen LogP contribution in [0.15, 0.2) is 0 Å². The van der Waals surface area contributed by atoms with Crippen molar-refractivity contribution in [2.75, 3.05) is 6.54 Å². The van der Waals surface area contributed by atoms with E-state index in [-0.39, 0.29) is 17.1 Å². The second-order valence-corrected chi connectivity index (χ2v) is 6.28. The summed E-state index contributed by atoms with van der Waals surface area (Å²) in [6.07, 6.45) is 7.29. The molecular formula is C15H28N4O. The molecule has 1 heterocycles. The first-order chi connectivity index (χ1) is 9.45. The summed E-state index contributed by atoms with van der Waals surface area (Å²) in [5, 5.41) is 9.67. The smallest absolute Gasteiger partial charge is 0.290 e. The molecule has 0 aliphatic heterocycles. The Balaban J connectivity index is 2.24. The van der Waals surface area contributed by atoms with E-state index in [0.29, 0.717) is 6.54 Å². The first-order valence-corrected chi connectivity index (χ1v) is 7.66. The molecule has 20 heavy (non-hydrogen) atoms. The fourth-order valence-corrected chi connectivity index (χ4v) is 1.89. The Labute approximate surface area is 122 Å². The molecule has 0 aliphatic carbocycles. The van der Waals surface area contributed by atoms with Gasteiger partial charge in [-0.25, -0.2) is 4.98 Å². The Bertz CT molecular complexity index is 406. The third kappa shape index (κ3) is 5.72. The van der Waals surface area contributed by atoms with E-state index in [1.54, 1.807) is 0 Å². The maximum Gasteiger partial charge on any atom is 0.290 e. The lowest BCUT2D eigenvalue weighted by molar-refractivity contribution is 0.0943. The van der Waals surface area contributed by atoms with Crippen molar-refractivity contribution >= 4 is 5.91 Å². The lowest BCUT2D eigenvalue weighted by Crippen LogP contribution is -2.25. The predicted molar refractivity (Wildman–Crippen MR) is 80.8 cm³/mol. The van der Waals surface area contributed by atoms with Crippen molar-refractivity contribution in [3.8, 4) is 0 Å². The average Bonchev–Trinajstić information content (AvgIpc) is 2.87. The van der Waals surface area contributed by atoms with E-state index in [4.69, 9.17) is 0 Å². The highest BCUT2D eigenvalue weighted by Crippen LogP contribution is 2.17. The summed E-state index contributed by atoms with van der Waals surface area (Å²) >= 11 is 0. The highest BCUT2D eigenvalue weighted by Gasteiger charge is 2.20. The van der Waals surface area contributed by atoms with Gasteiger partial charge in [-0.3, -0.25) is 9.89 Å². The first-order valence-electron chi connectivity index (χ1n) is 7.66. The molecule has 0 atom stereocenters. The Morgan fingerprint density at radius 3 is 2.40 bits per heavy atom. The molecule has 0 bridgehead atoms. The molecule has 0 unspecified atom stereocenters. The van der Waals surface area contributed by atoms with Gasteiger partial charge in [-0.15, -0.1) is 5.10 Å². The minimum absolute atomic E-state index is 0.120. The molecular weight excluding hydrogens is 252 g/mol. The van der Waals surface area contributed by atoms with Gasteiger partial charge in [-0.1, -0.05) is 59.8 Å². The number of aromatic amines is 1. The Morgan fingerprint density at radius 2 is 1.80 bits per heavy atom. The van der Waals surface area contributed by atoms with Crippen molar-refractivity contribution in [1.82, 2.24) is 20.5 Å². The van der Waals surface area contributed by atoms with Crippen LogP contribution < -0.4 is 5.32 Å². The number of aromatic nitrogens is 3. The molecule has 5 nitrogen and oxygen atoms in total. The monoisotopic (exact) mass is 280 g/mol. The van der Waals surface area contributed by atoms with Crippen molar-refractivity contribution in [2.24, 2.45) is 0 Å². The van der Waals surface area contributed by atoms with Gasteiger partial charge >= 0.3 is 0 Å². The van der Waals surface area contributed by atoms with Gasteiger partial charge in [-0.05, 0) is 6.42 Å². The van der Waals surface area contributed by atoms with Gasteiger partial charge in [-0.2, -0.15) is 0 Å². The number of carbonyl (C=O) groups is 1. The Morgan fingerprint density at radius 1 is 1.15 bits per heavy atom. The van der Waals surface area contributed by atoms with Crippen LogP contribution in [0.5, 0.6) is 0 Å². The highest BCUT2D eigenvalue weighted by atomic mass is 16.2. The third-order valence-electron chi connectivity index (χ3n) is 3.21. The average molecular weight is 280 g/mol.